The Balaban J connectivity index is 1.26. The molecule has 1 aromatic heterocycles. The van der Waals surface area contributed by atoms with E-state index >= 15 is 0 Å². The number of aliphatic hydroxyl groups is 1. The third kappa shape index (κ3) is 5.38. The number of fused-ring (bicyclic) bond motifs is 3. The SMILES string of the molecule is CO[C@@H]1C[C@@H](C(=O)N[C@H](CO)c2cc(C(=N)N)cs2)N(C(=O)CNC(=O)c2ccc3c(c2)-c2ccccc2C3(F)F)C1. The van der Waals surface area contributed by atoms with Crippen LogP contribution in [0.4, 0.5) is 8.78 Å². The molecule has 13 heteroatoms. The summed E-state index contributed by atoms with van der Waals surface area (Å²) in [6.45, 7) is -0.726. The zero-order valence-electron chi connectivity index (χ0n) is 22.5. The van der Waals surface area contributed by atoms with Gasteiger partial charge in [0.2, 0.25) is 11.8 Å². The number of halogens is 2. The second kappa shape index (κ2) is 11.6. The number of thiophene rings is 1. The maximum absolute atomic E-state index is 14.9. The zero-order valence-corrected chi connectivity index (χ0v) is 23.3. The number of alkyl halides is 2. The van der Waals surface area contributed by atoms with Gasteiger partial charge in [-0.15, -0.1) is 11.3 Å². The van der Waals surface area contributed by atoms with E-state index in [1.807, 2.05) is 0 Å². The monoisotopic (exact) mass is 597 g/mol. The molecule has 0 bridgehead atoms. The molecule has 0 saturated carbocycles. The van der Waals surface area contributed by atoms with Gasteiger partial charge in [0.25, 0.3) is 11.8 Å². The first-order chi connectivity index (χ1) is 20.0. The predicted octanol–water partition coefficient (Wildman–Crippen LogP) is 2.35. The lowest BCUT2D eigenvalue weighted by Crippen LogP contribution is -2.49. The number of nitrogens with one attached hydrogen (secondary N) is 3. The molecule has 0 unspecified atom stereocenters. The number of aliphatic hydroxyl groups excluding tert-OH is 1. The molecule has 0 spiro atoms. The van der Waals surface area contributed by atoms with Crippen LogP contribution >= 0.6 is 11.3 Å². The number of likely N-dealkylation sites (tertiary alicyclic amines) is 1. The minimum Gasteiger partial charge on any atom is -0.394 e. The first kappa shape index (κ1) is 29.3. The summed E-state index contributed by atoms with van der Waals surface area (Å²) < 4.78 is 35.1. The maximum Gasteiger partial charge on any atom is 0.299 e. The number of methoxy groups -OCH3 is 1. The van der Waals surface area contributed by atoms with Gasteiger partial charge in [-0.3, -0.25) is 19.8 Å². The molecule has 2 aliphatic rings. The molecule has 2 heterocycles. The third-order valence-electron chi connectivity index (χ3n) is 7.57. The van der Waals surface area contributed by atoms with Crippen LogP contribution in [-0.4, -0.2) is 72.5 Å². The average molecular weight is 598 g/mol. The van der Waals surface area contributed by atoms with Gasteiger partial charge in [-0.05, 0) is 29.3 Å². The van der Waals surface area contributed by atoms with Gasteiger partial charge in [-0.2, -0.15) is 8.78 Å². The van der Waals surface area contributed by atoms with Gasteiger partial charge >= 0.3 is 0 Å². The van der Waals surface area contributed by atoms with Crippen molar-refractivity contribution in [2.75, 3.05) is 26.8 Å². The largest absolute Gasteiger partial charge is 0.394 e. The molecular formula is C29H29F2N5O5S. The number of benzene rings is 2. The van der Waals surface area contributed by atoms with Crippen molar-refractivity contribution in [3.63, 3.8) is 0 Å². The topological polar surface area (TPSA) is 158 Å². The van der Waals surface area contributed by atoms with Crippen LogP contribution < -0.4 is 16.4 Å². The number of nitrogens with zero attached hydrogens (tertiary/aromatic N) is 1. The number of amidine groups is 1. The molecule has 3 aromatic rings. The first-order valence-electron chi connectivity index (χ1n) is 13.1. The van der Waals surface area contributed by atoms with Crippen molar-refractivity contribution in [1.29, 1.82) is 5.41 Å². The van der Waals surface area contributed by atoms with Crippen molar-refractivity contribution in [3.05, 3.63) is 81.0 Å². The molecule has 220 valence electrons. The number of nitrogen functional groups attached to an aromatic ring is 1. The van der Waals surface area contributed by atoms with Crippen molar-refractivity contribution in [1.82, 2.24) is 15.5 Å². The number of rotatable bonds is 9. The Labute approximate surface area is 244 Å². The fourth-order valence-electron chi connectivity index (χ4n) is 5.32. The van der Waals surface area contributed by atoms with Gasteiger partial charge in [0.1, 0.15) is 11.9 Å². The molecule has 6 N–H and O–H groups in total. The summed E-state index contributed by atoms with van der Waals surface area (Å²) in [5, 5.41) is 24.4. The highest BCUT2D eigenvalue weighted by Crippen LogP contribution is 2.50. The Morgan fingerprint density at radius 2 is 1.90 bits per heavy atom. The number of carbonyl (C=O) groups is 3. The highest BCUT2D eigenvalue weighted by Gasteiger charge is 2.44. The van der Waals surface area contributed by atoms with Crippen molar-refractivity contribution in [2.45, 2.75) is 30.5 Å². The van der Waals surface area contributed by atoms with Crippen LogP contribution in [0.1, 0.15) is 44.4 Å². The number of hydrogen-bond acceptors (Lipinski definition) is 7. The van der Waals surface area contributed by atoms with Gasteiger partial charge in [0, 0.05) is 52.6 Å². The molecule has 10 nitrogen and oxygen atoms in total. The summed E-state index contributed by atoms with van der Waals surface area (Å²) in [5.41, 5.74) is 6.40. The quantitative estimate of drug-likeness (QED) is 0.188. The number of nitrogens with two attached hydrogens (primary N) is 1. The van der Waals surface area contributed by atoms with E-state index < -0.39 is 55.0 Å². The fraction of sp³-hybridized carbons (Fsp3) is 0.310. The summed E-state index contributed by atoms with van der Waals surface area (Å²) in [5.74, 6) is -4.97. The molecule has 0 radical (unpaired) electrons. The van der Waals surface area contributed by atoms with Gasteiger partial charge in [-0.25, -0.2) is 0 Å². The van der Waals surface area contributed by atoms with Crippen LogP contribution in [0.3, 0.4) is 0 Å². The summed E-state index contributed by atoms with van der Waals surface area (Å²) >= 11 is 1.23. The number of carbonyl (C=O) groups excluding carboxylic acids is 3. The Hall–Kier alpha value is -4.20. The normalized spacial score (nSPS) is 19.1. The summed E-state index contributed by atoms with van der Waals surface area (Å²) in [6, 6.07) is 9.95. The number of ether oxygens (including phenoxy) is 1. The molecule has 1 saturated heterocycles. The van der Waals surface area contributed by atoms with E-state index in [0.717, 1.165) is 0 Å². The van der Waals surface area contributed by atoms with E-state index in [4.69, 9.17) is 15.9 Å². The summed E-state index contributed by atoms with van der Waals surface area (Å²) in [4.78, 5) is 41.3. The van der Waals surface area contributed by atoms with Gasteiger partial charge in [0.05, 0.1) is 25.3 Å². The summed E-state index contributed by atoms with van der Waals surface area (Å²) in [6.07, 6.45) is -0.209. The lowest BCUT2D eigenvalue weighted by atomic mass is 10.0. The van der Waals surface area contributed by atoms with Crippen molar-refractivity contribution in [3.8, 4) is 11.1 Å². The first-order valence-corrected chi connectivity index (χ1v) is 14.0. The molecular weight excluding hydrogens is 568 g/mol. The Morgan fingerprint density at radius 3 is 2.60 bits per heavy atom. The van der Waals surface area contributed by atoms with E-state index in [2.05, 4.69) is 10.6 Å². The highest BCUT2D eigenvalue weighted by molar-refractivity contribution is 7.10. The number of amides is 3. The fourth-order valence-corrected chi connectivity index (χ4v) is 6.27. The summed E-state index contributed by atoms with van der Waals surface area (Å²) in [7, 11) is 1.47. The van der Waals surface area contributed by atoms with Crippen LogP contribution in [0.25, 0.3) is 11.1 Å². The van der Waals surface area contributed by atoms with Crippen LogP contribution in [0.5, 0.6) is 0 Å². The second-order valence-corrected chi connectivity index (χ2v) is 11.1. The van der Waals surface area contributed by atoms with Crippen LogP contribution in [0.15, 0.2) is 53.9 Å². The van der Waals surface area contributed by atoms with Crippen LogP contribution in [-0.2, 0) is 20.2 Å². The van der Waals surface area contributed by atoms with Crippen molar-refractivity contribution >= 4 is 34.9 Å². The van der Waals surface area contributed by atoms with E-state index in [1.165, 1.54) is 53.7 Å². The molecule has 42 heavy (non-hydrogen) atoms. The minimum atomic E-state index is -3.17. The lowest BCUT2D eigenvalue weighted by Gasteiger charge is -2.25. The molecule has 1 aliphatic heterocycles. The highest BCUT2D eigenvalue weighted by atomic mass is 32.1. The Bertz CT molecular complexity index is 1560. The van der Waals surface area contributed by atoms with E-state index in [9.17, 15) is 28.3 Å². The second-order valence-electron chi connectivity index (χ2n) is 10.1. The van der Waals surface area contributed by atoms with E-state index in [0.29, 0.717) is 16.0 Å². The number of hydrogen-bond donors (Lipinski definition) is 5. The molecule has 3 amide bonds. The van der Waals surface area contributed by atoms with Gasteiger partial charge in [0.15, 0.2) is 0 Å². The van der Waals surface area contributed by atoms with Crippen LogP contribution in [0, 0.1) is 5.41 Å². The van der Waals surface area contributed by atoms with Gasteiger partial charge < -0.3 is 31.1 Å². The van der Waals surface area contributed by atoms with Crippen LogP contribution in [0.2, 0.25) is 0 Å². The molecule has 1 fully saturated rings. The average Bonchev–Trinajstić information content (AvgIpc) is 3.71. The standard InChI is InChI=1S/C29H29F2N5O5S/c1-41-17-10-23(28(40)35-22(13-37)24-9-16(14-42-24)26(32)33)36(12-17)25(38)11-34-27(39)15-6-7-21-19(8-15)18-4-2-3-5-20(18)29(21,30)31/h2-9,14,17,22-23,37H,10-13H2,1H3,(H3,32,33)(H,34,39)(H,35,40)/t17-,22-,23+/m1/s1. The minimum absolute atomic E-state index is 0.116. The van der Waals surface area contributed by atoms with Gasteiger partial charge in [-0.1, -0.05) is 30.3 Å². The Kier molecular flexibility index (Phi) is 8.08. The lowest BCUT2D eigenvalue weighted by molar-refractivity contribution is -0.138. The molecule has 2 aromatic carbocycles. The van der Waals surface area contributed by atoms with Crippen molar-refractivity contribution < 1.29 is 33.0 Å². The molecule has 5 rings (SSSR count). The Morgan fingerprint density at radius 1 is 1.17 bits per heavy atom. The van der Waals surface area contributed by atoms with Crippen molar-refractivity contribution in [2.24, 2.45) is 5.73 Å². The molecule has 3 atom stereocenters. The van der Waals surface area contributed by atoms with E-state index in [1.54, 1.807) is 23.6 Å². The maximum atomic E-state index is 14.9. The zero-order chi connectivity index (χ0) is 30.2. The predicted molar refractivity (Wildman–Crippen MR) is 151 cm³/mol. The smallest absolute Gasteiger partial charge is 0.299 e. The molecule has 1 aliphatic carbocycles. The van der Waals surface area contributed by atoms with E-state index in [-0.39, 0.29) is 41.1 Å². The third-order valence-corrected chi connectivity index (χ3v) is 8.61.